The average molecular weight is 237 g/mol. The summed E-state index contributed by atoms with van der Waals surface area (Å²) in [4.78, 5) is -0.458. The standard InChI is InChI=1S/C8H5BrN4/c9-8(5-10)13-7-4-2-1-3-6(7)11-12-13/h1-4,8H. The molecule has 0 saturated heterocycles. The maximum Gasteiger partial charge on any atom is 0.194 e. The van der Waals surface area contributed by atoms with Gasteiger partial charge in [-0.25, -0.2) is 4.68 Å². The molecule has 5 heteroatoms. The van der Waals surface area contributed by atoms with Crippen LogP contribution in [-0.4, -0.2) is 15.0 Å². The van der Waals surface area contributed by atoms with Crippen molar-refractivity contribution in [3.63, 3.8) is 0 Å². The van der Waals surface area contributed by atoms with Crippen LogP contribution in [0.2, 0.25) is 0 Å². The maximum absolute atomic E-state index is 8.68. The predicted molar refractivity (Wildman–Crippen MR) is 51.1 cm³/mol. The number of hydrogen-bond donors (Lipinski definition) is 0. The summed E-state index contributed by atoms with van der Waals surface area (Å²) in [6, 6.07) is 9.54. The molecule has 1 unspecified atom stereocenters. The first-order chi connectivity index (χ1) is 6.33. The molecule has 1 aromatic carbocycles. The molecule has 0 aliphatic rings. The first-order valence-electron chi connectivity index (χ1n) is 3.66. The number of nitrogens with zero attached hydrogens (tertiary/aromatic N) is 4. The van der Waals surface area contributed by atoms with Crippen molar-refractivity contribution in [1.29, 1.82) is 5.26 Å². The van der Waals surface area contributed by atoms with E-state index in [9.17, 15) is 0 Å². The molecule has 0 saturated carbocycles. The van der Waals surface area contributed by atoms with Crippen LogP contribution in [0.15, 0.2) is 24.3 Å². The first kappa shape index (κ1) is 8.20. The monoisotopic (exact) mass is 236 g/mol. The fourth-order valence-corrected chi connectivity index (χ4v) is 1.41. The molecule has 0 bridgehead atoms. The average Bonchev–Trinajstić information content (AvgIpc) is 2.60. The summed E-state index contributed by atoms with van der Waals surface area (Å²) in [6.45, 7) is 0. The van der Waals surface area contributed by atoms with Gasteiger partial charge in [0.25, 0.3) is 0 Å². The van der Waals surface area contributed by atoms with Crippen molar-refractivity contribution in [1.82, 2.24) is 15.0 Å². The summed E-state index contributed by atoms with van der Waals surface area (Å²) >= 11 is 3.18. The zero-order chi connectivity index (χ0) is 9.26. The molecule has 1 aromatic heterocycles. The van der Waals surface area contributed by atoms with Crippen molar-refractivity contribution in [3.05, 3.63) is 24.3 Å². The summed E-state index contributed by atoms with van der Waals surface area (Å²) in [7, 11) is 0. The number of rotatable bonds is 1. The molecule has 0 N–H and O–H groups in total. The van der Waals surface area contributed by atoms with E-state index in [1.54, 1.807) is 0 Å². The summed E-state index contributed by atoms with van der Waals surface area (Å²) in [5, 5.41) is 16.5. The molecule has 1 atom stereocenters. The van der Waals surface area contributed by atoms with Gasteiger partial charge in [-0.15, -0.1) is 5.10 Å². The van der Waals surface area contributed by atoms with Crippen molar-refractivity contribution in [3.8, 4) is 6.07 Å². The normalized spacial score (nSPS) is 12.6. The molecule has 64 valence electrons. The lowest BCUT2D eigenvalue weighted by Gasteiger charge is -1.99. The first-order valence-corrected chi connectivity index (χ1v) is 4.58. The summed E-state index contributed by atoms with van der Waals surface area (Å²) in [5.74, 6) is 0. The number of aromatic nitrogens is 3. The Morgan fingerprint density at radius 1 is 1.46 bits per heavy atom. The molecule has 4 nitrogen and oxygen atoms in total. The van der Waals surface area contributed by atoms with E-state index in [1.807, 2.05) is 30.3 Å². The van der Waals surface area contributed by atoms with E-state index < -0.39 is 4.95 Å². The van der Waals surface area contributed by atoms with Gasteiger partial charge in [-0.2, -0.15) is 5.26 Å². The van der Waals surface area contributed by atoms with Crippen LogP contribution in [0.1, 0.15) is 4.95 Å². The Hall–Kier alpha value is -1.41. The molecule has 1 heterocycles. The van der Waals surface area contributed by atoms with Crippen molar-refractivity contribution < 1.29 is 0 Å². The molecule has 13 heavy (non-hydrogen) atoms. The van der Waals surface area contributed by atoms with Gasteiger partial charge in [-0.05, 0) is 28.1 Å². The van der Waals surface area contributed by atoms with Gasteiger partial charge in [0.1, 0.15) is 11.6 Å². The van der Waals surface area contributed by atoms with Crippen LogP contribution >= 0.6 is 15.9 Å². The molecular formula is C8H5BrN4. The maximum atomic E-state index is 8.68. The van der Waals surface area contributed by atoms with Crippen LogP contribution in [0.25, 0.3) is 11.0 Å². The van der Waals surface area contributed by atoms with E-state index >= 15 is 0 Å². The van der Waals surface area contributed by atoms with E-state index in [2.05, 4.69) is 26.2 Å². The van der Waals surface area contributed by atoms with E-state index in [4.69, 9.17) is 5.26 Å². The highest BCUT2D eigenvalue weighted by atomic mass is 79.9. The van der Waals surface area contributed by atoms with Gasteiger partial charge in [0.15, 0.2) is 4.95 Å². The van der Waals surface area contributed by atoms with E-state index in [0.29, 0.717) is 0 Å². The minimum absolute atomic E-state index is 0.458. The molecule has 0 amide bonds. The fourth-order valence-electron chi connectivity index (χ4n) is 1.11. The lowest BCUT2D eigenvalue weighted by atomic mass is 10.3. The van der Waals surface area contributed by atoms with Crippen LogP contribution in [0.5, 0.6) is 0 Å². The van der Waals surface area contributed by atoms with Crippen LogP contribution in [0.3, 0.4) is 0 Å². The highest BCUT2D eigenvalue weighted by Gasteiger charge is 2.09. The van der Waals surface area contributed by atoms with Crippen molar-refractivity contribution in [2.75, 3.05) is 0 Å². The quantitative estimate of drug-likeness (QED) is 0.711. The summed E-state index contributed by atoms with van der Waals surface area (Å²) < 4.78 is 1.54. The molecular weight excluding hydrogens is 232 g/mol. The third-order valence-electron chi connectivity index (χ3n) is 1.70. The Balaban J connectivity index is 2.66. The van der Waals surface area contributed by atoms with Crippen molar-refractivity contribution in [2.45, 2.75) is 4.95 Å². The van der Waals surface area contributed by atoms with Crippen LogP contribution in [0.4, 0.5) is 0 Å². The number of hydrogen-bond acceptors (Lipinski definition) is 3. The lowest BCUT2D eigenvalue weighted by Crippen LogP contribution is -2.01. The van der Waals surface area contributed by atoms with Gasteiger partial charge >= 0.3 is 0 Å². The fraction of sp³-hybridized carbons (Fsp3) is 0.125. The third-order valence-corrected chi connectivity index (χ3v) is 2.29. The summed E-state index contributed by atoms with van der Waals surface area (Å²) in [6.07, 6.45) is 0. The zero-order valence-electron chi connectivity index (χ0n) is 6.55. The highest BCUT2D eigenvalue weighted by molar-refractivity contribution is 9.09. The Morgan fingerprint density at radius 3 is 3.00 bits per heavy atom. The van der Waals surface area contributed by atoms with Crippen LogP contribution < -0.4 is 0 Å². The van der Waals surface area contributed by atoms with Gasteiger partial charge in [0.05, 0.1) is 5.52 Å². The highest BCUT2D eigenvalue weighted by Crippen LogP contribution is 2.18. The number of alkyl halides is 1. The van der Waals surface area contributed by atoms with Crippen molar-refractivity contribution >= 4 is 27.0 Å². The van der Waals surface area contributed by atoms with Gasteiger partial charge in [0.2, 0.25) is 0 Å². The smallest absolute Gasteiger partial charge is 0.194 e. The largest absolute Gasteiger partial charge is 0.217 e. The molecule has 0 spiro atoms. The molecule has 0 fully saturated rings. The molecule has 2 rings (SSSR count). The molecule has 2 aromatic rings. The SMILES string of the molecule is N#CC(Br)n1nnc2ccccc21. The van der Waals surface area contributed by atoms with E-state index in [-0.39, 0.29) is 0 Å². The minimum Gasteiger partial charge on any atom is -0.217 e. The van der Waals surface area contributed by atoms with Crippen molar-refractivity contribution in [2.24, 2.45) is 0 Å². The van der Waals surface area contributed by atoms with Gasteiger partial charge in [-0.1, -0.05) is 17.3 Å². The van der Waals surface area contributed by atoms with Gasteiger partial charge in [-0.3, -0.25) is 0 Å². The van der Waals surface area contributed by atoms with Crippen LogP contribution in [-0.2, 0) is 0 Å². The zero-order valence-corrected chi connectivity index (χ0v) is 8.14. The second kappa shape index (κ2) is 3.15. The molecule has 0 aliphatic heterocycles. The predicted octanol–water partition coefficient (Wildman–Crippen LogP) is 1.85. The topological polar surface area (TPSA) is 54.5 Å². The Labute approximate surface area is 82.9 Å². The molecule has 0 aliphatic carbocycles. The van der Waals surface area contributed by atoms with E-state index in [0.717, 1.165) is 11.0 Å². The Morgan fingerprint density at radius 2 is 2.23 bits per heavy atom. The number of benzene rings is 1. The lowest BCUT2D eigenvalue weighted by molar-refractivity contribution is 0.684. The number of para-hydroxylation sites is 1. The van der Waals surface area contributed by atoms with Crippen LogP contribution in [0, 0.1) is 11.3 Å². The second-order valence-electron chi connectivity index (χ2n) is 2.49. The molecule has 0 radical (unpaired) electrons. The van der Waals surface area contributed by atoms with Gasteiger partial charge < -0.3 is 0 Å². The minimum atomic E-state index is -0.458. The number of halogens is 1. The van der Waals surface area contributed by atoms with E-state index in [1.165, 1.54) is 4.68 Å². The number of fused-ring (bicyclic) bond motifs is 1. The Bertz CT molecular complexity index is 470. The van der Waals surface area contributed by atoms with Gasteiger partial charge in [0, 0.05) is 0 Å². The second-order valence-corrected chi connectivity index (χ2v) is 3.35. The number of nitriles is 1. The third kappa shape index (κ3) is 1.29. The Kier molecular flexibility index (Phi) is 1.99. The summed E-state index contributed by atoms with van der Waals surface area (Å²) in [5.41, 5.74) is 1.65.